The Bertz CT molecular complexity index is 1960. The summed E-state index contributed by atoms with van der Waals surface area (Å²) in [5.74, 6) is 0.293. The maximum Gasteiger partial charge on any atom is 0.339 e. The van der Waals surface area contributed by atoms with Crippen molar-refractivity contribution in [2.45, 2.75) is 44.2 Å². The van der Waals surface area contributed by atoms with Crippen molar-refractivity contribution in [2.75, 3.05) is 34.2 Å². The highest BCUT2D eigenvalue weighted by Gasteiger charge is 2.63. The second-order valence-corrected chi connectivity index (χ2v) is 12.2. The van der Waals surface area contributed by atoms with Gasteiger partial charge in [-0.1, -0.05) is 6.07 Å². The Kier molecular flexibility index (Phi) is 7.09. The quantitative estimate of drug-likeness (QED) is 0.240. The first-order valence-corrected chi connectivity index (χ1v) is 15.3. The van der Waals surface area contributed by atoms with Gasteiger partial charge >= 0.3 is 11.9 Å². The number of hydrogen-bond donors (Lipinski definition) is 0. The van der Waals surface area contributed by atoms with Gasteiger partial charge in [0.15, 0.2) is 40.5 Å². The van der Waals surface area contributed by atoms with Gasteiger partial charge in [0.2, 0.25) is 13.1 Å². The lowest BCUT2D eigenvalue weighted by Crippen LogP contribution is -2.47. The molecule has 0 N–H and O–H groups in total. The minimum absolute atomic E-state index is 0.00800. The number of esters is 2. The van der Waals surface area contributed by atoms with Crippen LogP contribution in [0, 0.1) is 0 Å². The van der Waals surface area contributed by atoms with Gasteiger partial charge in [-0.2, -0.15) is 0 Å². The summed E-state index contributed by atoms with van der Waals surface area (Å²) in [6.07, 6.45) is 1.17. The maximum absolute atomic E-state index is 13.5. The summed E-state index contributed by atoms with van der Waals surface area (Å²) in [7, 11) is 3.07. The van der Waals surface area contributed by atoms with Gasteiger partial charge in [-0.3, -0.25) is 4.98 Å². The van der Waals surface area contributed by atoms with E-state index >= 15 is 0 Å². The minimum atomic E-state index is -1.18. The number of fused-ring (bicyclic) bond motifs is 4. The van der Waals surface area contributed by atoms with Crippen LogP contribution >= 0.6 is 0 Å². The highest BCUT2D eigenvalue weighted by molar-refractivity contribution is 6.14. The Morgan fingerprint density at radius 1 is 0.979 bits per heavy atom. The molecule has 2 saturated heterocycles. The topological polar surface area (TPSA) is 139 Å². The highest BCUT2D eigenvalue weighted by atomic mass is 16.8. The number of nitrogens with zero attached hydrogens (tertiary/aromatic N) is 1. The molecule has 0 radical (unpaired) electrons. The molecule has 13 nitrogen and oxygen atoms in total. The van der Waals surface area contributed by atoms with E-state index in [-0.39, 0.29) is 26.6 Å². The molecule has 0 spiro atoms. The molecule has 3 aromatic carbocycles. The van der Waals surface area contributed by atoms with Gasteiger partial charge in [-0.15, -0.1) is 0 Å². The number of cyclic esters (lactones) is 1. The van der Waals surface area contributed by atoms with E-state index in [0.717, 1.165) is 0 Å². The maximum atomic E-state index is 13.5. The van der Waals surface area contributed by atoms with Crippen LogP contribution in [0.2, 0.25) is 0 Å². The van der Waals surface area contributed by atoms with Crippen molar-refractivity contribution in [3.05, 3.63) is 71.5 Å². The lowest BCUT2D eigenvalue weighted by atomic mass is 9.89. The van der Waals surface area contributed by atoms with Gasteiger partial charge < -0.3 is 47.4 Å². The molecule has 3 atom stereocenters. The van der Waals surface area contributed by atoms with Crippen molar-refractivity contribution >= 4 is 22.7 Å². The first-order valence-electron chi connectivity index (χ1n) is 15.3. The monoisotopic (exact) mass is 657 g/mol. The van der Waals surface area contributed by atoms with Gasteiger partial charge in [0.1, 0.15) is 19.0 Å². The van der Waals surface area contributed by atoms with Gasteiger partial charge in [0, 0.05) is 28.9 Å². The first kappa shape index (κ1) is 30.2. The summed E-state index contributed by atoms with van der Waals surface area (Å²) in [4.78, 5) is 30.3. The Hall–Kier alpha value is -5.11. The number of methoxy groups -OCH3 is 2. The third-order valence-electron chi connectivity index (χ3n) is 8.77. The molecule has 0 bridgehead atoms. The fourth-order valence-corrected chi connectivity index (χ4v) is 6.73. The van der Waals surface area contributed by atoms with Crippen molar-refractivity contribution in [2.24, 2.45) is 0 Å². The standard InChI is InChI=1S/C35H31NO12/c1-34(2)47-30-33(43-16-35(30,48-34)15-42-31(37)19-6-5-9-36-13-19)46-29-21-12-25(40-4)24(39-3)11-20(21)27(28-22(29)14-41-32(28)38)18-7-8-23-26(10-18)45-17-44-23/h5-13,30,33H,14-17H2,1-4H3/t30-,33+,35+/m0/s1. The zero-order valence-electron chi connectivity index (χ0n) is 26.5. The smallest absolute Gasteiger partial charge is 0.339 e. The fourth-order valence-electron chi connectivity index (χ4n) is 6.73. The summed E-state index contributed by atoms with van der Waals surface area (Å²) >= 11 is 0. The normalized spacial score (nSPS) is 23.0. The van der Waals surface area contributed by atoms with Crippen molar-refractivity contribution in [3.63, 3.8) is 0 Å². The van der Waals surface area contributed by atoms with E-state index in [9.17, 15) is 9.59 Å². The highest BCUT2D eigenvalue weighted by Crippen LogP contribution is 2.51. The third-order valence-corrected chi connectivity index (χ3v) is 8.77. The Labute approximate surface area is 274 Å². The van der Waals surface area contributed by atoms with Gasteiger partial charge in [-0.05, 0) is 61.2 Å². The number of rotatable bonds is 8. The molecular weight excluding hydrogens is 626 g/mol. The van der Waals surface area contributed by atoms with Crippen molar-refractivity contribution in [3.8, 4) is 39.9 Å². The zero-order chi connectivity index (χ0) is 33.2. The van der Waals surface area contributed by atoms with Crippen molar-refractivity contribution in [1.82, 2.24) is 4.98 Å². The molecule has 4 aliphatic rings. The van der Waals surface area contributed by atoms with Crippen molar-refractivity contribution in [1.29, 1.82) is 0 Å². The summed E-state index contributed by atoms with van der Waals surface area (Å²) < 4.78 is 59.3. The molecule has 0 aliphatic carbocycles. The van der Waals surface area contributed by atoms with Crippen LogP contribution in [0.3, 0.4) is 0 Å². The average Bonchev–Trinajstić information content (AvgIpc) is 3.85. The van der Waals surface area contributed by atoms with Crippen molar-refractivity contribution < 1.29 is 57.0 Å². The molecule has 4 aliphatic heterocycles. The molecule has 1 aromatic heterocycles. The summed E-state index contributed by atoms with van der Waals surface area (Å²) in [6, 6.07) is 12.3. The van der Waals surface area contributed by atoms with Crippen LogP contribution in [0.15, 0.2) is 54.9 Å². The van der Waals surface area contributed by atoms with E-state index < -0.39 is 35.7 Å². The lowest BCUT2D eigenvalue weighted by molar-refractivity contribution is -0.211. The Balaban J connectivity index is 1.22. The van der Waals surface area contributed by atoms with E-state index in [1.54, 1.807) is 50.4 Å². The van der Waals surface area contributed by atoms with Gasteiger partial charge in [0.05, 0.1) is 32.0 Å². The predicted molar refractivity (Wildman–Crippen MR) is 165 cm³/mol. The van der Waals surface area contributed by atoms with Crippen LogP contribution in [0.1, 0.15) is 40.1 Å². The predicted octanol–water partition coefficient (Wildman–Crippen LogP) is 4.80. The zero-order valence-corrected chi connectivity index (χ0v) is 26.5. The number of ether oxygens (including phenoxy) is 10. The largest absolute Gasteiger partial charge is 0.493 e. The second kappa shape index (κ2) is 11.3. The molecule has 5 heterocycles. The molecule has 48 heavy (non-hydrogen) atoms. The Morgan fingerprint density at radius 3 is 2.54 bits per heavy atom. The molecule has 0 unspecified atom stereocenters. The number of hydrogen-bond acceptors (Lipinski definition) is 13. The van der Waals surface area contributed by atoms with Crippen LogP contribution in [0.25, 0.3) is 21.9 Å². The number of carbonyl (C=O) groups is 2. The van der Waals surface area contributed by atoms with E-state index in [1.165, 1.54) is 20.4 Å². The molecule has 0 saturated carbocycles. The minimum Gasteiger partial charge on any atom is -0.493 e. The summed E-state index contributed by atoms with van der Waals surface area (Å²) in [5, 5.41) is 1.25. The van der Waals surface area contributed by atoms with Crippen LogP contribution < -0.4 is 23.7 Å². The molecule has 13 heteroatoms. The van der Waals surface area contributed by atoms with Gasteiger partial charge in [0.25, 0.3) is 0 Å². The Morgan fingerprint density at radius 2 is 1.77 bits per heavy atom. The average molecular weight is 658 g/mol. The van der Waals surface area contributed by atoms with E-state index in [2.05, 4.69) is 4.98 Å². The van der Waals surface area contributed by atoms with Crippen LogP contribution in [0.5, 0.6) is 28.7 Å². The number of pyridine rings is 1. The van der Waals surface area contributed by atoms with Crippen LogP contribution in [-0.2, 0) is 30.3 Å². The summed E-state index contributed by atoms with van der Waals surface area (Å²) in [6.45, 7) is 3.44. The van der Waals surface area contributed by atoms with E-state index in [1.807, 2.05) is 12.1 Å². The van der Waals surface area contributed by atoms with Crippen LogP contribution in [-0.4, -0.2) is 74.9 Å². The molecule has 248 valence electrons. The number of carbonyl (C=O) groups excluding carboxylic acids is 2. The van der Waals surface area contributed by atoms with Gasteiger partial charge in [-0.25, -0.2) is 9.59 Å². The SMILES string of the molecule is COc1cc2c(O[C@H]3OC[C@@]4(COC(=O)c5cccnc5)OC(C)(C)O[C@@H]34)c3c(c(-c4ccc5c(c4)OCO5)c2cc1OC)C(=O)OC3. The molecule has 2 fully saturated rings. The molecular formula is C35H31NO12. The third kappa shape index (κ3) is 4.84. The fraction of sp³-hybridized carbons (Fsp3) is 0.343. The molecule has 4 aromatic rings. The van der Waals surface area contributed by atoms with Crippen LogP contribution in [0.4, 0.5) is 0 Å². The number of benzene rings is 3. The second-order valence-electron chi connectivity index (χ2n) is 12.2. The first-order chi connectivity index (χ1) is 23.2. The van der Waals surface area contributed by atoms with E-state index in [0.29, 0.717) is 67.3 Å². The molecule has 0 amide bonds. The summed E-state index contributed by atoms with van der Waals surface area (Å²) in [5.41, 5.74) is 1.30. The number of aromatic nitrogens is 1. The lowest BCUT2D eigenvalue weighted by Gasteiger charge is -2.26. The molecule has 8 rings (SSSR count). The van der Waals surface area contributed by atoms with E-state index in [4.69, 9.17) is 47.4 Å².